The molecule has 2 rings (SSSR count). The van der Waals surface area contributed by atoms with Gasteiger partial charge in [-0.2, -0.15) is 10.5 Å². The van der Waals surface area contributed by atoms with E-state index in [4.69, 9.17) is 28.0 Å². The molecule has 108 valence electrons. The lowest BCUT2D eigenvalue weighted by atomic mass is 10.3. The van der Waals surface area contributed by atoms with Crippen LogP contribution < -0.4 is 9.97 Å². The van der Waals surface area contributed by atoms with Crippen LogP contribution in [-0.4, -0.2) is 17.5 Å². The van der Waals surface area contributed by atoms with E-state index >= 15 is 0 Å². The van der Waals surface area contributed by atoms with Crippen LogP contribution in [0.25, 0.3) is 0 Å². The zero-order valence-electron chi connectivity index (χ0n) is 10.6. The Bertz CT molecular complexity index is 649. The highest BCUT2D eigenvalue weighted by Crippen LogP contribution is 1.86. The summed E-state index contributed by atoms with van der Waals surface area (Å²) in [4.78, 5) is 5.58. The number of pyridine rings is 2. The molecule has 0 fully saturated rings. The predicted molar refractivity (Wildman–Crippen MR) is 65.9 cm³/mol. The Balaban J connectivity index is 0.000000296. The second kappa shape index (κ2) is 10.00. The van der Waals surface area contributed by atoms with Gasteiger partial charge in [-0.15, -0.1) is 0 Å². The monoisotopic (exact) mass is 306 g/mol. The minimum Gasteiger partial charge on any atom is -0.759 e. The summed E-state index contributed by atoms with van der Waals surface area (Å²) in [7, 11) is -5.17. The van der Waals surface area contributed by atoms with Gasteiger partial charge >= 0.3 is 0 Å². The van der Waals surface area contributed by atoms with Crippen molar-refractivity contribution in [3.63, 3.8) is 0 Å². The average molecular weight is 306 g/mol. The van der Waals surface area contributed by atoms with Crippen LogP contribution in [0.1, 0.15) is 11.1 Å². The minimum absolute atomic E-state index is 0.660. The Morgan fingerprint density at radius 1 is 0.905 bits per heavy atom. The van der Waals surface area contributed by atoms with E-state index < -0.39 is 10.4 Å². The van der Waals surface area contributed by atoms with Gasteiger partial charge in [0.2, 0.25) is 0 Å². The molecule has 2 heterocycles. The first kappa shape index (κ1) is 18.1. The Morgan fingerprint density at radius 3 is 1.38 bits per heavy atom. The molecule has 9 heteroatoms. The van der Waals surface area contributed by atoms with Gasteiger partial charge in [0, 0.05) is 22.5 Å². The van der Waals surface area contributed by atoms with E-state index in [-0.39, 0.29) is 0 Å². The summed E-state index contributed by atoms with van der Waals surface area (Å²) in [5.74, 6) is 0. The first-order chi connectivity index (χ1) is 9.86. The molecule has 0 aliphatic rings. The summed E-state index contributed by atoms with van der Waals surface area (Å²) < 4.78 is 34.1. The molecule has 0 aromatic carbocycles. The number of hydrogen-bond donors (Lipinski definition) is 0. The number of H-pyrrole nitrogens is 2. The molecule has 0 aliphatic heterocycles. The van der Waals surface area contributed by atoms with Crippen LogP contribution in [0, 0.1) is 22.7 Å². The average Bonchev–Trinajstić information content (AvgIpc) is 2.48. The van der Waals surface area contributed by atoms with E-state index in [0.29, 0.717) is 11.1 Å². The van der Waals surface area contributed by atoms with Crippen molar-refractivity contribution in [1.82, 2.24) is 0 Å². The van der Waals surface area contributed by atoms with Crippen LogP contribution in [0.3, 0.4) is 0 Å². The lowest BCUT2D eigenvalue weighted by Gasteiger charge is -2.06. The molecule has 0 amide bonds. The molecule has 2 aromatic rings. The third kappa shape index (κ3) is 13.4. The standard InChI is InChI=1S/2C6H4N2.H2O4S/c2*7-4-6-2-1-3-8-5-6;1-5(2,3)4/h2*1-3,5H;(H2,1,2,3,4). The Labute approximate surface area is 121 Å². The predicted octanol–water partition coefficient (Wildman–Crippen LogP) is -0.593. The fourth-order valence-corrected chi connectivity index (χ4v) is 0.926. The van der Waals surface area contributed by atoms with Crippen molar-refractivity contribution in [3.8, 4) is 12.1 Å². The number of nitrogens with one attached hydrogen (secondary N) is 2. The first-order valence-electron chi connectivity index (χ1n) is 5.26. The van der Waals surface area contributed by atoms with Gasteiger partial charge in [0.05, 0.1) is 0 Å². The fourth-order valence-electron chi connectivity index (χ4n) is 0.926. The van der Waals surface area contributed by atoms with E-state index in [1.807, 2.05) is 12.1 Å². The van der Waals surface area contributed by atoms with Crippen molar-refractivity contribution in [3.05, 3.63) is 60.2 Å². The highest BCUT2D eigenvalue weighted by atomic mass is 32.3. The van der Waals surface area contributed by atoms with Crippen molar-refractivity contribution in [2.24, 2.45) is 0 Å². The van der Waals surface area contributed by atoms with Gasteiger partial charge < -0.3 is 9.11 Å². The lowest BCUT2D eigenvalue weighted by molar-refractivity contribution is -0.378. The van der Waals surface area contributed by atoms with Gasteiger partial charge in [0.15, 0.2) is 24.8 Å². The highest BCUT2D eigenvalue weighted by Gasteiger charge is 1.87. The van der Waals surface area contributed by atoms with Crippen LogP contribution in [0.15, 0.2) is 49.1 Å². The SMILES string of the molecule is N#Cc1ccc[nH+]c1.N#Cc1ccc[nH+]c1.O=S(=O)([O-])[O-]. The summed E-state index contributed by atoms with van der Waals surface area (Å²) in [6.45, 7) is 0. The molecule has 0 aliphatic carbocycles. The quantitative estimate of drug-likeness (QED) is 0.467. The molecular formula is C12H10N4O4S. The summed E-state index contributed by atoms with van der Waals surface area (Å²) in [5.41, 5.74) is 1.32. The second-order valence-corrected chi connectivity index (χ2v) is 4.03. The summed E-state index contributed by atoms with van der Waals surface area (Å²) >= 11 is 0. The largest absolute Gasteiger partial charge is 0.759 e. The van der Waals surface area contributed by atoms with E-state index in [0.717, 1.165) is 0 Å². The molecule has 0 radical (unpaired) electrons. The van der Waals surface area contributed by atoms with Crippen molar-refractivity contribution in [2.75, 3.05) is 0 Å². The smallest absolute Gasteiger partial charge is 0.184 e. The van der Waals surface area contributed by atoms with E-state index in [1.54, 1.807) is 49.1 Å². The van der Waals surface area contributed by atoms with E-state index in [1.165, 1.54) is 0 Å². The van der Waals surface area contributed by atoms with Gasteiger partial charge in [-0.25, -0.2) is 9.97 Å². The molecule has 0 saturated heterocycles. The van der Waals surface area contributed by atoms with E-state index in [9.17, 15) is 0 Å². The maximum Gasteiger partial charge on any atom is 0.184 e. The van der Waals surface area contributed by atoms with Gasteiger partial charge in [-0.05, 0) is 12.1 Å². The Hall–Kier alpha value is -2.85. The number of hydrogen-bond acceptors (Lipinski definition) is 6. The van der Waals surface area contributed by atoms with Crippen LogP contribution >= 0.6 is 0 Å². The summed E-state index contributed by atoms with van der Waals surface area (Å²) in [6, 6.07) is 11.1. The van der Waals surface area contributed by atoms with Crippen molar-refractivity contribution < 1.29 is 27.5 Å². The van der Waals surface area contributed by atoms with Gasteiger partial charge in [-0.1, -0.05) is 0 Å². The minimum atomic E-state index is -5.17. The Kier molecular flexibility index (Phi) is 8.64. The number of nitrogens with zero attached hydrogens (tertiary/aromatic N) is 2. The van der Waals surface area contributed by atoms with Crippen LogP contribution in [-0.2, 0) is 10.4 Å². The molecule has 2 aromatic heterocycles. The van der Waals surface area contributed by atoms with E-state index in [2.05, 4.69) is 9.97 Å². The second-order valence-electron chi connectivity index (χ2n) is 3.22. The Morgan fingerprint density at radius 2 is 1.24 bits per heavy atom. The molecule has 0 bridgehead atoms. The number of aromatic nitrogens is 2. The molecule has 8 nitrogen and oxygen atoms in total. The normalized spacial score (nSPS) is 8.76. The molecule has 21 heavy (non-hydrogen) atoms. The van der Waals surface area contributed by atoms with Crippen molar-refractivity contribution in [2.45, 2.75) is 0 Å². The van der Waals surface area contributed by atoms with Gasteiger partial charge in [0.1, 0.15) is 23.3 Å². The topological polar surface area (TPSA) is 156 Å². The highest BCUT2D eigenvalue weighted by molar-refractivity contribution is 7.79. The maximum atomic E-state index is 8.52. The first-order valence-corrected chi connectivity index (χ1v) is 6.59. The fraction of sp³-hybridized carbons (Fsp3) is 0. The zero-order chi connectivity index (χ0) is 16.1. The molecule has 2 N–H and O–H groups in total. The third-order valence-corrected chi connectivity index (χ3v) is 1.67. The molecule has 0 atom stereocenters. The maximum absolute atomic E-state index is 8.52. The van der Waals surface area contributed by atoms with Crippen LogP contribution in [0.2, 0.25) is 0 Å². The zero-order valence-corrected chi connectivity index (χ0v) is 11.4. The molecule has 0 spiro atoms. The number of nitriles is 2. The lowest BCUT2D eigenvalue weighted by Crippen LogP contribution is -1.97. The van der Waals surface area contributed by atoms with Crippen LogP contribution in [0.5, 0.6) is 0 Å². The number of aromatic amines is 2. The third-order valence-electron chi connectivity index (χ3n) is 1.67. The summed E-state index contributed by atoms with van der Waals surface area (Å²) in [6.07, 6.45) is 6.84. The molecule has 0 unspecified atom stereocenters. The number of rotatable bonds is 0. The molecule has 0 saturated carbocycles. The van der Waals surface area contributed by atoms with Gasteiger partial charge in [-0.3, -0.25) is 8.42 Å². The van der Waals surface area contributed by atoms with Gasteiger partial charge in [0.25, 0.3) is 0 Å². The van der Waals surface area contributed by atoms with Crippen molar-refractivity contribution >= 4 is 10.4 Å². The van der Waals surface area contributed by atoms with Crippen LogP contribution in [0.4, 0.5) is 0 Å². The molecular weight excluding hydrogens is 296 g/mol. The summed E-state index contributed by atoms with van der Waals surface area (Å²) in [5, 5.41) is 16.5. The van der Waals surface area contributed by atoms with Crippen molar-refractivity contribution in [1.29, 1.82) is 10.5 Å².